The highest BCUT2D eigenvalue weighted by Crippen LogP contribution is 2.31. The van der Waals surface area contributed by atoms with Crippen LogP contribution >= 0.6 is 0 Å². The van der Waals surface area contributed by atoms with E-state index in [-0.39, 0.29) is 30.0 Å². The van der Waals surface area contributed by atoms with Gasteiger partial charge in [0.15, 0.2) is 0 Å². The number of carbonyl (C=O) groups excluding carboxylic acids is 4. The Hall–Kier alpha value is -3.78. The quantitative estimate of drug-likeness (QED) is 0.747. The molecule has 0 bridgehead atoms. The van der Waals surface area contributed by atoms with Gasteiger partial charge in [-0.25, -0.2) is 4.90 Å². The van der Waals surface area contributed by atoms with Crippen molar-refractivity contribution in [1.82, 2.24) is 4.90 Å². The molecule has 2 heterocycles. The number of fused-ring (bicyclic) bond motifs is 1. The number of hydrogen-bond donors (Lipinski definition) is 2. The Balaban J connectivity index is 1.60. The van der Waals surface area contributed by atoms with Gasteiger partial charge in [-0.1, -0.05) is 17.7 Å². The Morgan fingerprint density at radius 3 is 2.28 bits per heavy atom. The average Bonchev–Trinajstić information content (AvgIpc) is 3.10. The molecule has 0 fully saturated rings. The van der Waals surface area contributed by atoms with Gasteiger partial charge in [0.05, 0.1) is 30.0 Å². The van der Waals surface area contributed by atoms with E-state index >= 15 is 0 Å². The van der Waals surface area contributed by atoms with Crippen LogP contribution in [0.25, 0.3) is 0 Å². The van der Waals surface area contributed by atoms with Crippen LogP contribution in [0.4, 0.5) is 11.4 Å². The van der Waals surface area contributed by atoms with Gasteiger partial charge in [0.2, 0.25) is 0 Å². The Morgan fingerprint density at radius 2 is 1.59 bits per heavy atom. The SMILES string of the molecule is Cc1ccc(N2C(=O)c3ccc(NC4=CC(=O)N(CCO)C4=O)cc3C2=O)cc1. The van der Waals surface area contributed by atoms with Crippen molar-refractivity contribution in [2.75, 3.05) is 23.4 Å². The van der Waals surface area contributed by atoms with Crippen LogP contribution in [0.15, 0.2) is 54.2 Å². The average molecular weight is 391 g/mol. The van der Waals surface area contributed by atoms with E-state index in [0.717, 1.165) is 21.4 Å². The van der Waals surface area contributed by atoms with Crippen molar-refractivity contribution in [2.45, 2.75) is 6.92 Å². The van der Waals surface area contributed by atoms with Gasteiger partial charge in [-0.15, -0.1) is 0 Å². The molecule has 8 heteroatoms. The second kappa shape index (κ2) is 6.99. The zero-order valence-corrected chi connectivity index (χ0v) is 15.5. The zero-order valence-electron chi connectivity index (χ0n) is 15.5. The van der Waals surface area contributed by atoms with Crippen LogP contribution in [0.3, 0.4) is 0 Å². The van der Waals surface area contributed by atoms with E-state index in [9.17, 15) is 19.2 Å². The Bertz CT molecular complexity index is 1090. The standard InChI is InChI=1S/C21H17N3O5/c1-12-2-5-14(6-3-12)24-19(27)15-7-4-13(10-16(15)20(24)28)22-17-11-18(26)23(8-9-25)21(17)29/h2-7,10-11,22,25H,8-9H2,1H3. The normalized spacial score (nSPS) is 15.9. The highest BCUT2D eigenvalue weighted by molar-refractivity contribution is 6.34. The fourth-order valence-electron chi connectivity index (χ4n) is 3.31. The molecule has 0 aliphatic carbocycles. The molecule has 0 saturated heterocycles. The smallest absolute Gasteiger partial charge is 0.277 e. The summed E-state index contributed by atoms with van der Waals surface area (Å²) in [5, 5.41) is 11.8. The highest BCUT2D eigenvalue weighted by atomic mass is 16.3. The monoisotopic (exact) mass is 391 g/mol. The molecule has 146 valence electrons. The van der Waals surface area contributed by atoms with E-state index in [1.165, 1.54) is 12.1 Å². The van der Waals surface area contributed by atoms with Crippen LogP contribution in [-0.4, -0.2) is 46.8 Å². The van der Waals surface area contributed by atoms with E-state index in [1.54, 1.807) is 18.2 Å². The molecule has 0 spiro atoms. The number of carbonyl (C=O) groups is 4. The lowest BCUT2D eigenvalue weighted by atomic mass is 10.1. The van der Waals surface area contributed by atoms with E-state index in [2.05, 4.69) is 5.32 Å². The number of aryl methyl sites for hydroxylation is 1. The molecule has 4 amide bonds. The fourth-order valence-corrected chi connectivity index (χ4v) is 3.31. The van der Waals surface area contributed by atoms with Gasteiger partial charge in [0.1, 0.15) is 5.70 Å². The van der Waals surface area contributed by atoms with Gasteiger partial charge in [-0.3, -0.25) is 24.1 Å². The van der Waals surface area contributed by atoms with Crippen molar-refractivity contribution in [3.8, 4) is 0 Å². The second-order valence-electron chi connectivity index (χ2n) is 6.74. The summed E-state index contributed by atoms with van der Waals surface area (Å²) in [4.78, 5) is 51.7. The first-order valence-corrected chi connectivity index (χ1v) is 8.95. The molecule has 2 aliphatic rings. The van der Waals surface area contributed by atoms with Crippen molar-refractivity contribution in [1.29, 1.82) is 0 Å². The van der Waals surface area contributed by atoms with Crippen molar-refractivity contribution in [2.24, 2.45) is 0 Å². The minimum atomic E-state index is -0.562. The summed E-state index contributed by atoms with van der Waals surface area (Å²) in [5.41, 5.74) is 2.41. The van der Waals surface area contributed by atoms with Crippen LogP contribution in [-0.2, 0) is 9.59 Å². The first kappa shape index (κ1) is 18.6. The molecular weight excluding hydrogens is 374 g/mol. The van der Waals surface area contributed by atoms with Crippen LogP contribution in [0.5, 0.6) is 0 Å². The van der Waals surface area contributed by atoms with Crippen molar-refractivity contribution >= 4 is 35.0 Å². The van der Waals surface area contributed by atoms with E-state index < -0.39 is 23.6 Å². The van der Waals surface area contributed by atoms with Crippen LogP contribution in [0.1, 0.15) is 26.3 Å². The minimum Gasteiger partial charge on any atom is -0.395 e. The summed E-state index contributed by atoms with van der Waals surface area (Å²) in [6, 6.07) is 11.6. The number of aliphatic hydroxyl groups is 1. The number of imide groups is 2. The lowest BCUT2D eigenvalue weighted by molar-refractivity contribution is -0.137. The van der Waals surface area contributed by atoms with Gasteiger partial charge in [0.25, 0.3) is 23.6 Å². The number of rotatable bonds is 5. The molecule has 8 nitrogen and oxygen atoms in total. The number of benzene rings is 2. The van der Waals surface area contributed by atoms with Crippen molar-refractivity contribution < 1.29 is 24.3 Å². The maximum absolute atomic E-state index is 12.8. The topological polar surface area (TPSA) is 107 Å². The summed E-state index contributed by atoms with van der Waals surface area (Å²) in [7, 11) is 0. The molecule has 0 unspecified atom stereocenters. The number of anilines is 2. The molecule has 4 rings (SSSR count). The molecule has 0 aromatic heterocycles. The first-order valence-electron chi connectivity index (χ1n) is 8.95. The van der Waals surface area contributed by atoms with Crippen LogP contribution < -0.4 is 10.2 Å². The molecule has 0 radical (unpaired) electrons. The zero-order chi connectivity index (χ0) is 20.7. The number of β-amino-alcohol motifs (C(OH)–C–C–N with tert-alkyl or cyclic N) is 1. The largest absolute Gasteiger partial charge is 0.395 e. The third-order valence-corrected chi connectivity index (χ3v) is 4.79. The first-order chi connectivity index (χ1) is 13.9. The van der Waals surface area contributed by atoms with Gasteiger partial charge < -0.3 is 10.4 Å². The van der Waals surface area contributed by atoms with Gasteiger partial charge in [-0.05, 0) is 37.3 Å². The minimum absolute atomic E-state index is 0.0376. The summed E-state index contributed by atoms with van der Waals surface area (Å²) in [6.07, 6.45) is 1.14. The lowest BCUT2D eigenvalue weighted by Gasteiger charge is -2.14. The molecule has 29 heavy (non-hydrogen) atoms. The third-order valence-electron chi connectivity index (χ3n) is 4.79. The molecule has 2 aromatic rings. The maximum atomic E-state index is 12.8. The molecular formula is C21H17N3O5. The third kappa shape index (κ3) is 3.09. The lowest BCUT2D eigenvalue weighted by Crippen LogP contribution is -2.34. The summed E-state index contributed by atoms with van der Waals surface area (Å²) < 4.78 is 0. The number of aliphatic hydroxyl groups excluding tert-OH is 1. The Morgan fingerprint density at radius 1 is 0.897 bits per heavy atom. The van der Waals surface area contributed by atoms with Gasteiger partial charge >= 0.3 is 0 Å². The molecule has 0 saturated carbocycles. The predicted octanol–water partition coefficient (Wildman–Crippen LogP) is 1.45. The van der Waals surface area contributed by atoms with Gasteiger partial charge in [-0.2, -0.15) is 0 Å². The second-order valence-corrected chi connectivity index (χ2v) is 6.74. The Kier molecular flexibility index (Phi) is 4.48. The molecule has 0 atom stereocenters. The summed E-state index contributed by atoms with van der Waals surface area (Å²) in [6.45, 7) is 1.49. The Labute approximate surface area is 166 Å². The van der Waals surface area contributed by atoms with E-state index in [0.29, 0.717) is 11.4 Å². The van der Waals surface area contributed by atoms with Gasteiger partial charge in [0, 0.05) is 11.8 Å². The number of nitrogens with zero attached hydrogens (tertiary/aromatic N) is 2. The van der Waals surface area contributed by atoms with Crippen molar-refractivity contribution in [3.63, 3.8) is 0 Å². The number of amides is 4. The highest BCUT2D eigenvalue weighted by Gasteiger charge is 2.37. The van der Waals surface area contributed by atoms with E-state index in [1.807, 2.05) is 19.1 Å². The van der Waals surface area contributed by atoms with E-state index in [4.69, 9.17) is 5.11 Å². The predicted molar refractivity (Wildman–Crippen MR) is 104 cm³/mol. The number of nitrogens with one attached hydrogen (secondary N) is 1. The molecule has 2 N–H and O–H groups in total. The number of hydrogen-bond acceptors (Lipinski definition) is 6. The molecule has 2 aliphatic heterocycles. The fraction of sp³-hybridized carbons (Fsp3) is 0.143. The van der Waals surface area contributed by atoms with Crippen LogP contribution in [0, 0.1) is 6.92 Å². The van der Waals surface area contributed by atoms with Crippen molar-refractivity contribution in [3.05, 3.63) is 70.9 Å². The van der Waals surface area contributed by atoms with Crippen LogP contribution in [0.2, 0.25) is 0 Å². The maximum Gasteiger partial charge on any atom is 0.277 e. The summed E-state index contributed by atoms with van der Waals surface area (Å²) >= 11 is 0. The molecule has 2 aromatic carbocycles. The summed E-state index contributed by atoms with van der Waals surface area (Å²) in [5.74, 6) is -1.96.